The molecular weight excluding hydrogens is 959 g/mol. The number of carbonyl (C=O) groups is 2. The first-order chi connectivity index (χ1) is 38.5. The summed E-state index contributed by atoms with van der Waals surface area (Å²) in [4.78, 5) is 24.7. The van der Waals surface area contributed by atoms with Crippen LogP contribution in [-0.2, 0) is 14.3 Å². The number of aliphatic hydroxyl groups is 2. The molecule has 0 saturated heterocycles. The lowest BCUT2D eigenvalue weighted by Crippen LogP contribution is -2.45. The first kappa shape index (κ1) is 76.6. The third-order valence-electron chi connectivity index (χ3n) is 17.1. The summed E-state index contributed by atoms with van der Waals surface area (Å²) in [6, 6.07) is -0.542. The molecule has 0 aromatic carbocycles. The molecule has 0 spiro atoms. The van der Waals surface area contributed by atoms with Crippen molar-refractivity contribution in [3.8, 4) is 0 Å². The fourth-order valence-corrected chi connectivity index (χ4v) is 11.6. The number of unbranched alkanes of at least 4 members (excludes halogenated alkanes) is 55. The maximum absolute atomic E-state index is 12.5. The van der Waals surface area contributed by atoms with E-state index >= 15 is 0 Å². The van der Waals surface area contributed by atoms with E-state index in [2.05, 4.69) is 31.3 Å². The molecule has 0 heterocycles. The Balaban J connectivity index is 3.37. The van der Waals surface area contributed by atoms with Crippen LogP contribution in [0.4, 0.5) is 0 Å². The van der Waals surface area contributed by atoms with E-state index in [1.807, 2.05) is 0 Å². The molecule has 6 heteroatoms. The van der Waals surface area contributed by atoms with E-state index in [0.717, 1.165) is 44.9 Å². The van der Waals surface area contributed by atoms with Crippen molar-refractivity contribution in [1.29, 1.82) is 0 Å². The highest BCUT2D eigenvalue weighted by atomic mass is 16.5. The van der Waals surface area contributed by atoms with Gasteiger partial charge in [0.15, 0.2) is 0 Å². The van der Waals surface area contributed by atoms with E-state index in [0.29, 0.717) is 25.9 Å². The van der Waals surface area contributed by atoms with Crippen molar-refractivity contribution in [3.63, 3.8) is 0 Å². The highest BCUT2D eigenvalue weighted by molar-refractivity contribution is 5.76. The van der Waals surface area contributed by atoms with Crippen molar-refractivity contribution in [2.24, 2.45) is 0 Å². The van der Waals surface area contributed by atoms with E-state index in [4.69, 9.17) is 4.74 Å². The number of allylic oxidation sites excluding steroid dienone is 2. The number of esters is 1. The van der Waals surface area contributed by atoms with Crippen LogP contribution >= 0.6 is 0 Å². The van der Waals surface area contributed by atoms with Gasteiger partial charge >= 0.3 is 5.97 Å². The molecule has 0 saturated carbocycles. The van der Waals surface area contributed by atoms with Gasteiger partial charge in [0, 0.05) is 12.8 Å². The summed E-state index contributed by atoms with van der Waals surface area (Å²) in [5.74, 6) is -0.0184. The van der Waals surface area contributed by atoms with E-state index < -0.39 is 12.1 Å². The van der Waals surface area contributed by atoms with Crippen LogP contribution in [-0.4, -0.2) is 47.4 Å². The van der Waals surface area contributed by atoms with Gasteiger partial charge in [0.05, 0.1) is 25.4 Å². The average Bonchev–Trinajstić information content (AvgIpc) is 3.44. The number of ether oxygens (including phenoxy) is 1. The van der Waals surface area contributed by atoms with Crippen LogP contribution in [0.2, 0.25) is 0 Å². The molecule has 1 amide bonds. The minimum absolute atomic E-state index is 0.0118. The summed E-state index contributed by atoms with van der Waals surface area (Å²) in [6.45, 7) is 4.99. The summed E-state index contributed by atoms with van der Waals surface area (Å²) in [6.07, 6.45) is 84.0. The second-order valence-electron chi connectivity index (χ2n) is 24.9. The van der Waals surface area contributed by atoms with E-state index in [1.54, 1.807) is 0 Å². The number of amides is 1. The summed E-state index contributed by atoms with van der Waals surface area (Å²) in [7, 11) is 0. The monoisotopic (exact) mass is 1100 g/mol. The SMILES string of the molecule is CCCCCCCCC/C=C\CCCCCCCCCC(=O)OCCCCCCCCCCCCCCCCCCCCCCCCC(=O)NC(CO)C(O)CCCCCCCCCCCCCCCCCCCCCCC. The number of nitrogens with one attached hydrogen (secondary N) is 1. The van der Waals surface area contributed by atoms with Crippen LogP contribution < -0.4 is 5.32 Å². The van der Waals surface area contributed by atoms with Crippen LogP contribution in [0.25, 0.3) is 0 Å². The molecule has 0 aliphatic heterocycles. The molecule has 0 aliphatic rings. The Morgan fingerprint density at radius 1 is 0.346 bits per heavy atom. The molecule has 0 fully saturated rings. The number of rotatable bonds is 68. The fourth-order valence-electron chi connectivity index (χ4n) is 11.6. The zero-order valence-electron chi connectivity index (χ0n) is 53.2. The van der Waals surface area contributed by atoms with Crippen molar-refractivity contribution < 1.29 is 24.5 Å². The van der Waals surface area contributed by atoms with E-state index in [9.17, 15) is 19.8 Å². The molecule has 78 heavy (non-hydrogen) atoms. The first-order valence-corrected chi connectivity index (χ1v) is 35.9. The topological polar surface area (TPSA) is 95.9 Å². The minimum Gasteiger partial charge on any atom is -0.466 e. The third-order valence-corrected chi connectivity index (χ3v) is 17.1. The van der Waals surface area contributed by atoms with Crippen LogP contribution in [0.1, 0.15) is 412 Å². The Bertz CT molecular complexity index is 1180. The van der Waals surface area contributed by atoms with Crippen molar-refractivity contribution >= 4 is 11.9 Å². The van der Waals surface area contributed by atoms with Gasteiger partial charge in [-0.3, -0.25) is 9.59 Å². The largest absolute Gasteiger partial charge is 0.466 e. The quantitative estimate of drug-likeness (QED) is 0.0320. The average molecular weight is 1100 g/mol. The lowest BCUT2D eigenvalue weighted by atomic mass is 10.0. The maximum Gasteiger partial charge on any atom is 0.305 e. The normalized spacial score (nSPS) is 12.5. The van der Waals surface area contributed by atoms with Crippen molar-refractivity contribution in [3.05, 3.63) is 12.2 Å². The second kappa shape index (κ2) is 68.1. The number of hydrogen-bond donors (Lipinski definition) is 3. The smallest absolute Gasteiger partial charge is 0.305 e. The van der Waals surface area contributed by atoms with Gasteiger partial charge in [-0.2, -0.15) is 0 Å². The fraction of sp³-hybridized carbons (Fsp3) is 0.944. The molecule has 6 nitrogen and oxygen atoms in total. The molecule has 0 radical (unpaired) electrons. The second-order valence-corrected chi connectivity index (χ2v) is 24.9. The van der Waals surface area contributed by atoms with Crippen LogP contribution in [0.3, 0.4) is 0 Å². The predicted octanol–water partition coefficient (Wildman–Crippen LogP) is 23.1. The molecule has 0 bridgehead atoms. The number of hydrogen-bond acceptors (Lipinski definition) is 5. The molecule has 2 unspecified atom stereocenters. The van der Waals surface area contributed by atoms with E-state index in [-0.39, 0.29) is 18.5 Å². The number of aliphatic hydroxyl groups excluding tert-OH is 2. The lowest BCUT2D eigenvalue weighted by Gasteiger charge is -2.22. The summed E-state index contributed by atoms with van der Waals surface area (Å²) in [5, 5.41) is 23.4. The van der Waals surface area contributed by atoms with Crippen LogP contribution in [0.5, 0.6) is 0 Å². The van der Waals surface area contributed by atoms with Gasteiger partial charge in [-0.05, 0) is 51.4 Å². The standard InChI is InChI=1S/C72H141NO5/c1-3-5-7-9-11-13-15-17-19-21-23-26-29-32-36-40-44-48-52-56-60-64-70(75)69(68-74)73-71(76)65-61-57-53-49-45-41-37-33-30-27-24-25-28-31-35-39-43-47-51-55-59-63-67-78-72(77)66-62-58-54-50-46-42-38-34-22-20-18-16-14-12-10-8-6-4-2/h20,22,69-70,74-75H,3-19,21,23-68H2,1-2H3,(H,73,76)/b22-20-. The van der Waals surface area contributed by atoms with Gasteiger partial charge in [-0.15, -0.1) is 0 Å². The lowest BCUT2D eigenvalue weighted by molar-refractivity contribution is -0.143. The Morgan fingerprint density at radius 3 is 0.910 bits per heavy atom. The zero-order chi connectivity index (χ0) is 56.4. The molecule has 0 aromatic heterocycles. The molecule has 0 aliphatic carbocycles. The maximum atomic E-state index is 12.5. The van der Waals surface area contributed by atoms with Crippen LogP contribution in [0.15, 0.2) is 12.2 Å². The van der Waals surface area contributed by atoms with Gasteiger partial charge in [0.2, 0.25) is 5.91 Å². The summed E-state index contributed by atoms with van der Waals surface area (Å²) < 4.78 is 5.51. The highest BCUT2D eigenvalue weighted by Crippen LogP contribution is 2.19. The van der Waals surface area contributed by atoms with Gasteiger partial charge in [0.25, 0.3) is 0 Å². The third kappa shape index (κ3) is 63.8. The molecule has 0 rings (SSSR count). The molecular formula is C72H141NO5. The predicted molar refractivity (Wildman–Crippen MR) is 343 cm³/mol. The van der Waals surface area contributed by atoms with Crippen molar-refractivity contribution in [2.45, 2.75) is 424 Å². The summed E-state index contributed by atoms with van der Waals surface area (Å²) >= 11 is 0. The van der Waals surface area contributed by atoms with Gasteiger partial charge in [0.1, 0.15) is 0 Å². The van der Waals surface area contributed by atoms with Crippen molar-refractivity contribution in [2.75, 3.05) is 13.2 Å². The Labute approximate surface area is 489 Å². The Hall–Kier alpha value is -1.40. The molecule has 464 valence electrons. The molecule has 2 atom stereocenters. The Morgan fingerprint density at radius 2 is 0.603 bits per heavy atom. The minimum atomic E-state index is -0.665. The van der Waals surface area contributed by atoms with Crippen molar-refractivity contribution in [1.82, 2.24) is 5.32 Å². The zero-order valence-corrected chi connectivity index (χ0v) is 53.2. The first-order valence-electron chi connectivity index (χ1n) is 35.9. The van der Waals surface area contributed by atoms with E-state index in [1.165, 1.54) is 334 Å². The number of carbonyl (C=O) groups excluding carboxylic acids is 2. The molecule has 0 aromatic rings. The van der Waals surface area contributed by atoms with Crippen LogP contribution in [0, 0.1) is 0 Å². The molecule has 3 N–H and O–H groups in total. The van der Waals surface area contributed by atoms with Gasteiger partial charge in [-0.1, -0.05) is 360 Å². The van der Waals surface area contributed by atoms with Gasteiger partial charge in [-0.25, -0.2) is 0 Å². The summed E-state index contributed by atoms with van der Waals surface area (Å²) in [5.41, 5.74) is 0. The Kier molecular flexibility index (Phi) is 66.9. The van der Waals surface area contributed by atoms with Gasteiger partial charge < -0.3 is 20.3 Å². The highest BCUT2D eigenvalue weighted by Gasteiger charge is 2.20.